The van der Waals surface area contributed by atoms with E-state index in [0.29, 0.717) is 48.1 Å². The molecule has 0 spiro atoms. The van der Waals surface area contributed by atoms with Gasteiger partial charge in [-0.3, -0.25) is 4.90 Å². The number of hydrogen-bond acceptors (Lipinski definition) is 7. The van der Waals surface area contributed by atoms with Crippen molar-refractivity contribution >= 4 is 17.3 Å². The third-order valence-corrected chi connectivity index (χ3v) is 6.25. The fourth-order valence-electron chi connectivity index (χ4n) is 4.18. The summed E-state index contributed by atoms with van der Waals surface area (Å²) >= 11 is 0. The maximum atomic E-state index is 15.0. The molecule has 8 heteroatoms. The van der Waals surface area contributed by atoms with Crippen LogP contribution in [-0.4, -0.2) is 73.4 Å². The Kier molecular flexibility index (Phi) is 6.06. The second-order valence-corrected chi connectivity index (χ2v) is 8.41. The number of anilines is 3. The third-order valence-electron chi connectivity index (χ3n) is 6.25. The van der Waals surface area contributed by atoms with Gasteiger partial charge in [0.25, 0.3) is 0 Å². The van der Waals surface area contributed by atoms with Crippen molar-refractivity contribution in [3.05, 3.63) is 30.3 Å². The standard InChI is InChI=1S/C22H31FN6O/c1-15(2)27(3)17-4-5-29(14-17)21-11-19(23)18(10-20(21)24)16-12-25-22(26-13-16)28-6-8-30-9-7-28/h10-13,15,17H,4-9,14,24H2,1-3H3/t17-/m1/s1. The number of benzene rings is 1. The highest BCUT2D eigenvalue weighted by molar-refractivity contribution is 5.77. The van der Waals surface area contributed by atoms with E-state index in [9.17, 15) is 0 Å². The van der Waals surface area contributed by atoms with Crippen molar-refractivity contribution in [2.24, 2.45) is 0 Å². The van der Waals surface area contributed by atoms with Crippen molar-refractivity contribution in [1.29, 1.82) is 0 Å². The van der Waals surface area contributed by atoms with E-state index in [1.165, 1.54) is 0 Å². The van der Waals surface area contributed by atoms with Gasteiger partial charge in [-0.1, -0.05) is 0 Å². The summed E-state index contributed by atoms with van der Waals surface area (Å²) in [5.41, 5.74) is 8.75. The van der Waals surface area contributed by atoms with Gasteiger partial charge in [-0.2, -0.15) is 0 Å². The number of nitrogens with zero attached hydrogens (tertiary/aromatic N) is 5. The van der Waals surface area contributed by atoms with Crippen LogP contribution in [0.2, 0.25) is 0 Å². The minimum absolute atomic E-state index is 0.303. The molecular weight excluding hydrogens is 383 g/mol. The van der Waals surface area contributed by atoms with Crippen LogP contribution in [0.4, 0.5) is 21.7 Å². The van der Waals surface area contributed by atoms with E-state index in [1.807, 2.05) is 0 Å². The maximum Gasteiger partial charge on any atom is 0.225 e. The molecule has 0 unspecified atom stereocenters. The third kappa shape index (κ3) is 4.20. The summed E-state index contributed by atoms with van der Waals surface area (Å²) < 4.78 is 20.4. The molecule has 7 nitrogen and oxygen atoms in total. The summed E-state index contributed by atoms with van der Waals surface area (Å²) in [5.74, 6) is 0.340. The van der Waals surface area contributed by atoms with E-state index in [2.05, 4.69) is 45.6 Å². The lowest BCUT2D eigenvalue weighted by Gasteiger charge is -2.29. The molecule has 0 radical (unpaired) electrons. The lowest BCUT2D eigenvalue weighted by atomic mass is 10.1. The molecule has 30 heavy (non-hydrogen) atoms. The van der Waals surface area contributed by atoms with Gasteiger partial charge in [0.05, 0.1) is 24.6 Å². The van der Waals surface area contributed by atoms with Crippen LogP contribution < -0.4 is 15.5 Å². The Morgan fingerprint density at radius 2 is 1.83 bits per heavy atom. The lowest BCUT2D eigenvalue weighted by Crippen LogP contribution is -2.39. The zero-order chi connectivity index (χ0) is 21.3. The Balaban J connectivity index is 1.52. The van der Waals surface area contributed by atoms with Crippen LogP contribution in [0.15, 0.2) is 24.5 Å². The minimum atomic E-state index is -0.303. The molecule has 2 fully saturated rings. The number of hydrogen-bond donors (Lipinski definition) is 1. The average molecular weight is 415 g/mol. The smallest absolute Gasteiger partial charge is 0.225 e. The normalized spacial score (nSPS) is 19.9. The Morgan fingerprint density at radius 1 is 1.13 bits per heavy atom. The van der Waals surface area contributed by atoms with Crippen LogP contribution in [0.25, 0.3) is 11.1 Å². The van der Waals surface area contributed by atoms with Gasteiger partial charge in [-0.15, -0.1) is 0 Å². The van der Waals surface area contributed by atoms with E-state index in [0.717, 1.165) is 38.3 Å². The average Bonchev–Trinajstić information content (AvgIpc) is 3.25. The van der Waals surface area contributed by atoms with E-state index in [-0.39, 0.29) is 5.82 Å². The number of aromatic nitrogens is 2. The first-order valence-electron chi connectivity index (χ1n) is 10.6. The molecule has 2 saturated heterocycles. The zero-order valence-corrected chi connectivity index (χ0v) is 18.0. The minimum Gasteiger partial charge on any atom is -0.397 e. The molecule has 0 amide bonds. The topological polar surface area (TPSA) is 70.8 Å². The van der Waals surface area contributed by atoms with E-state index in [1.54, 1.807) is 24.5 Å². The van der Waals surface area contributed by atoms with Gasteiger partial charge in [0.2, 0.25) is 5.95 Å². The van der Waals surface area contributed by atoms with Crippen molar-refractivity contribution in [2.75, 3.05) is 62.0 Å². The predicted molar refractivity (Wildman–Crippen MR) is 118 cm³/mol. The van der Waals surface area contributed by atoms with Crippen molar-refractivity contribution < 1.29 is 9.13 Å². The highest BCUT2D eigenvalue weighted by Gasteiger charge is 2.28. The Morgan fingerprint density at radius 3 is 2.50 bits per heavy atom. The molecule has 0 bridgehead atoms. The quantitative estimate of drug-likeness (QED) is 0.754. The van der Waals surface area contributed by atoms with E-state index >= 15 is 4.39 Å². The summed E-state index contributed by atoms with van der Waals surface area (Å²) in [4.78, 5) is 15.5. The van der Waals surface area contributed by atoms with Crippen LogP contribution in [0.3, 0.4) is 0 Å². The predicted octanol–water partition coefficient (Wildman–Crippen LogP) is 2.62. The fraction of sp³-hybridized carbons (Fsp3) is 0.545. The lowest BCUT2D eigenvalue weighted by molar-refractivity contribution is 0.122. The van der Waals surface area contributed by atoms with Gasteiger partial charge in [0, 0.05) is 61.8 Å². The van der Waals surface area contributed by atoms with Gasteiger partial charge in [-0.25, -0.2) is 14.4 Å². The molecule has 3 heterocycles. The number of nitrogen functional groups attached to an aromatic ring is 1. The number of likely N-dealkylation sites (N-methyl/N-ethyl adjacent to an activating group) is 1. The molecule has 2 N–H and O–H groups in total. The van der Waals surface area contributed by atoms with Crippen molar-refractivity contribution in [2.45, 2.75) is 32.4 Å². The van der Waals surface area contributed by atoms with E-state index < -0.39 is 0 Å². The SMILES string of the molecule is CC(C)N(C)[C@@H]1CCN(c2cc(F)c(-c3cnc(N4CCOCC4)nc3)cc2N)C1. The molecule has 2 aliphatic heterocycles. The van der Waals surface area contributed by atoms with Crippen LogP contribution in [-0.2, 0) is 4.74 Å². The number of ether oxygens (including phenoxy) is 1. The van der Waals surface area contributed by atoms with E-state index in [4.69, 9.17) is 10.5 Å². The van der Waals surface area contributed by atoms with Crippen molar-refractivity contribution in [1.82, 2.24) is 14.9 Å². The maximum absolute atomic E-state index is 15.0. The first kappa shape index (κ1) is 20.8. The molecule has 1 atom stereocenters. The molecular formula is C22H31FN6O. The summed E-state index contributed by atoms with van der Waals surface area (Å²) in [6.45, 7) is 8.98. The van der Waals surface area contributed by atoms with Crippen molar-refractivity contribution in [3.8, 4) is 11.1 Å². The summed E-state index contributed by atoms with van der Waals surface area (Å²) in [6, 6.07) is 4.19. The number of morpholine rings is 1. The number of halogens is 1. The first-order chi connectivity index (χ1) is 14.4. The Bertz CT molecular complexity index is 869. The molecule has 1 aromatic carbocycles. The van der Waals surface area contributed by atoms with Gasteiger partial charge in [0.1, 0.15) is 5.82 Å². The summed E-state index contributed by atoms with van der Waals surface area (Å²) in [5, 5.41) is 0. The van der Waals surface area contributed by atoms with Crippen molar-refractivity contribution in [3.63, 3.8) is 0 Å². The van der Waals surface area contributed by atoms with Gasteiger partial charge < -0.3 is 20.3 Å². The summed E-state index contributed by atoms with van der Waals surface area (Å²) in [6.07, 6.45) is 4.38. The fourth-order valence-corrected chi connectivity index (χ4v) is 4.18. The van der Waals surface area contributed by atoms with Crippen LogP contribution in [0.1, 0.15) is 20.3 Å². The molecule has 0 saturated carbocycles. The van der Waals surface area contributed by atoms with Gasteiger partial charge in [0.15, 0.2) is 0 Å². The molecule has 1 aromatic heterocycles. The monoisotopic (exact) mass is 414 g/mol. The second-order valence-electron chi connectivity index (χ2n) is 8.41. The van der Waals surface area contributed by atoms with Gasteiger partial charge >= 0.3 is 0 Å². The highest BCUT2D eigenvalue weighted by atomic mass is 19.1. The largest absolute Gasteiger partial charge is 0.397 e. The first-order valence-corrected chi connectivity index (χ1v) is 10.6. The zero-order valence-electron chi connectivity index (χ0n) is 18.0. The molecule has 4 rings (SSSR count). The summed E-state index contributed by atoms with van der Waals surface area (Å²) in [7, 11) is 2.15. The number of nitrogens with two attached hydrogens (primary N) is 1. The van der Waals surface area contributed by atoms with Crippen LogP contribution >= 0.6 is 0 Å². The molecule has 162 valence electrons. The van der Waals surface area contributed by atoms with Crippen LogP contribution in [0.5, 0.6) is 0 Å². The van der Waals surface area contributed by atoms with Gasteiger partial charge in [-0.05, 0) is 39.4 Å². The second kappa shape index (κ2) is 8.73. The Hall–Kier alpha value is -2.45. The Labute approximate surface area is 177 Å². The highest BCUT2D eigenvalue weighted by Crippen LogP contribution is 2.34. The molecule has 2 aliphatic rings. The number of rotatable bonds is 5. The molecule has 0 aliphatic carbocycles. The van der Waals surface area contributed by atoms with Crippen LogP contribution in [0, 0.1) is 5.82 Å². The molecule has 2 aromatic rings.